The minimum atomic E-state index is 0.615. The maximum absolute atomic E-state index is 5.06. The number of nitrogens with one attached hydrogen (secondary N) is 1. The lowest BCUT2D eigenvalue weighted by molar-refractivity contribution is 0.187. The first-order valence-corrected chi connectivity index (χ1v) is 5.56. The zero-order chi connectivity index (χ0) is 10.7. The molecular formula is C11H19N3O. The molecule has 0 spiro atoms. The molecular weight excluding hydrogens is 190 g/mol. The van der Waals surface area contributed by atoms with Crippen LogP contribution in [0.3, 0.4) is 0 Å². The molecule has 0 aliphatic heterocycles. The Morgan fingerprint density at radius 2 is 2.40 bits per heavy atom. The van der Waals surface area contributed by atoms with Gasteiger partial charge >= 0.3 is 0 Å². The summed E-state index contributed by atoms with van der Waals surface area (Å²) in [6.07, 6.45) is 6.35. The van der Waals surface area contributed by atoms with E-state index in [0.29, 0.717) is 6.04 Å². The van der Waals surface area contributed by atoms with Crippen molar-refractivity contribution in [1.29, 1.82) is 0 Å². The molecule has 0 aromatic carbocycles. The molecule has 1 N–H and O–H groups in total. The van der Waals surface area contributed by atoms with Crippen LogP contribution in [0.2, 0.25) is 0 Å². The topological polar surface area (TPSA) is 39.1 Å². The minimum Gasteiger partial charge on any atom is -0.383 e. The van der Waals surface area contributed by atoms with E-state index in [0.717, 1.165) is 25.0 Å². The van der Waals surface area contributed by atoms with Gasteiger partial charge in [0.05, 0.1) is 6.61 Å². The van der Waals surface area contributed by atoms with E-state index >= 15 is 0 Å². The number of rotatable bonds is 5. The summed E-state index contributed by atoms with van der Waals surface area (Å²) in [5.41, 5.74) is 0. The summed E-state index contributed by atoms with van der Waals surface area (Å²) in [7, 11) is 1.72. The molecule has 1 aliphatic rings. The summed E-state index contributed by atoms with van der Waals surface area (Å²) in [5.74, 6) is 1.84. The number of nitrogens with zero attached hydrogens (tertiary/aromatic N) is 2. The van der Waals surface area contributed by atoms with Crippen LogP contribution in [0.1, 0.15) is 19.8 Å². The zero-order valence-corrected chi connectivity index (χ0v) is 9.44. The van der Waals surface area contributed by atoms with Gasteiger partial charge in [0.15, 0.2) is 0 Å². The Morgan fingerprint density at radius 3 is 3.07 bits per heavy atom. The maximum Gasteiger partial charge on any atom is 0.203 e. The van der Waals surface area contributed by atoms with E-state index in [2.05, 4.69) is 21.8 Å². The van der Waals surface area contributed by atoms with Crippen LogP contribution in [0.15, 0.2) is 12.4 Å². The number of aromatic nitrogens is 2. The van der Waals surface area contributed by atoms with Crippen molar-refractivity contribution in [2.45, 2.75) is 32.4 Å². The summed E-state index contributed by atoms with van der Waals surface area (Å²) in [5, 5.41) is 3.46. The highest BCUT2D eigenvalue weighted by molar-refractivity contribution is 5.28. The second kappa shape index (κ2) is 4.66. The Labute approximate surface area is 90.6 Å². The first-order chi connectivity index (χ1) is 7.29. The van der Waals surface area contributed by atoms with Crippen LogP contribution in [-0.4, -0.2) is 29.3 Å². The second-order valence-corrected chi connectivity index (χ2v) is 4.35. The summed E-state index contributed by atoms with van der Waals surface area (Å²) in [6, 6.07) is 0.615. The lowest BCUT2D eigenvalue weighted by Crippen LogP contribution is -2.34. The Balaban J connectivity index is 1.87. The van der Waals surface area contributed by atoms with Crippen LogP contribution in [-0.2, 0) is 11.3 Å². The van der Waals surface area contributed by atoms with Gasteiger partial charge in [-0.15, -0.1) is 0 Å². The first kappa shape index (κ1) is 10.5. The van der Waals surface area contributed by atoms with E-state index in [1.165, 1.54) is 12.8 Å². The van der Waals surface area contributed by atoms with E-state index < -0.39 is 0 Å². The highest BCUT2D eigenvalue weighted by Gasteiger charge is 2.25. The fourth-order valence-corrected chi connectivity index (χ4v) is 2.02. The van der Waals surface area contributed by atoms with E-state index in [-0.39, 0.29) is 0 Å². The molecule has 0 bridgehead atoms. The molecule has 0 unspecified atom stereocenters. The van der Waals surface area contributed by atoms with E-state index in [9.17, 15) is 0 Å². The molecule has 84 valence electrons. The SMILES string of the molecule is COCCn1ccnc1NC1CC(C)C1. The molecule has 1 aromatic rings. The molecule has 1 aliphatic carbocycles. The van der Waals surface area contributed by atoms with Gasteiger partial charge in [0.2, 0.25) is 5.95 Å². The average molecular weight is 209 g/mol. The van der Waals surface area contributed by atoms with Gasteiger partial charge in [-0.2, -0.15) is 0 Å². The third-order valence-corrected chi connectivity index (χ3v) is 2.96. The van der Waals surface area contributed by atoms with Crippen molar-refractivity contribution in [2.75, 3.05) is 19.0 Å². The lowest BCUT2D eigenvalue weighted by atomic mass is 9.82. The molecule has 1 fully saturated rings. The molecule has 4 heteroatoms. The van der Waals surface area contributed by atoms with Gasteiger partial charge in [-0.3, -0.25) is 0 Å². The monoisotopic (exact) mass is 209 g/mol. The number of hydrogen-bond donors (Lipinski definition) is 1. The van der Waals surface area contributed by atoms with E-state index in [1.807, 2.05) is 12.4 Å². The van der Waals surface area contributed by atoms with Crippen LogP contribution >= 0.6 is 0 Å². The number of imidazole rings is 1. The average Bonchev–Trinajstić information content (AvgIpc) is 2.60. The van der Waals surface area contributed by atoms with Crippen molar-refractivity contribution < 1.29 is 4.74 Å². The lowest BCUT2D eigenvalue weighted by Gasteiger charge is -2.33. The van der Waals surface area contributed by atoms with Gasteiger partial charge in [0, 0.05) is 32.1 Å². The smallest absolute Gasteiger partial charge is 0.203 e. The number of methoxy groups -OCH3 is 1. The molecule has 0 radical (unpaired) electrons. The normalized spacial score (nSPS) is 24.9. The molecule has 2 rings (SSSR count). The van der Waals surface area contributed by atoms with Crippen LogP contribution in [0.5, 0.6) is 0 Å². The number of anilines is 1. The van der Waals surface area contributed by atoms with Gasteiger partial charge in [-0.05, 0) is 18.8 Å². The number of ether oxygens (including phenoxy) is 1. The van der Waals surface area contributed by atoms with Crippen molar-refractivity contribution in [2.24, 2.45) is 5.92 Å². The van der Waals surface area contributed by atoms with Gasteiger partial charge in [-0.25, -0.2) is 4.98 Å². The molecule has 1 aromatic heterocycles. The fourth-order valence-electron chi connectivity index (χ4n) is 2.02. The predicted octanol–water partition coefficient (Wildman–Crippen LogP) is 1.74. The molecule has 0 amide bonds. The largest absolute Gasteiger partial charge is 0.383 e. The minimum absolute atomic E-state index is 0.615. The van der Waals surface area contributed by atoms with Crippen molar-refractivity contribution in [3.63, 3.8) is 0 Å². The summed E-state index contributed by atoms with van der Waals surface area (Å²) < 4.78 is 7.16. The summed E-state index contributed by atoms with van der Waals surface area (Å²) in [4.78, 5) is 4.31. The predicted molar refractivity (Wildman–Crippen MR) is 59.9 cm³/mol. The summed E-state index contributed by atoms with van der Waals surface area (Å²) in [6.45, 7) is 3.88. The first-order valence-electron chi connectivity index (χ1n) is 5.56. The molecule has 4 nitrogen and oxygen atoms in total. The Kier molecular flexibility index (Phi) is 3.26. The van der Waals surface area contributed by atoms with E-state index in [4.69, 9.17) is 4.74 Å². The van der Waals surface area contributed by atoms with Gasteiger partial charge in [0.1, 0.15) is 0 Å². The van der Waals surface area contributed by atoms with Crippen molar-refractivity contribution in [3.05, 3.63) is 12.4 Å². The second-order valence-electron chi connectivity index (χ2n) is 4.35. The fraction of sp³-hybridized carbons (Fsp3) is 0.727. The van der Waals surface area contributed by atoms with Crippen LogP contribution < -0.4 is 5.32 Å². The summed E-state index contributed by atoms with van der Waals surface area (Å²) >= 11 is 0. The van der Waals surface area contributed by atoms with Crippen molar-refractivity contribution in [3.8, 4) is 0 Å². The molecule has 1 heterocycles. The van der Waals surface area contributed by atoms with Crippen molar-refractivity contribution >= 4 is 5.95 Å². The Bertz CT molecular complexity index is 305. The maximum atomic E-state index is 5.06. The van der Waals surface area contributed by atoms with Crippen LogP contribution in [0.4, 0.5) is 5.95 Å². The standard InChI is InChI=1S/C11H19N3O/c1-9-7-10(8-9)13-11-12-3-4-14(11)5-6-15-2/h3-4,9-10H,5-8H2,1-2H3,(H,12,13). The quantitative estimate of drug-likeness (QED) is 0.803. The van der Waals surface area contributed by atoms with Crippen LogP contribution in [0, 0.1) is 5.92 Å². The van der Waals surface area contributed by atoms with Gasteiger partial charge in [0.25, 0.3) is 0 Å². The third-order valence-electron chi connectivity index (χ3n) is 2.96. The zero-order valence-electron chi connectivity index (χ0n) is 9.44. The highest BCUT2D eigenvalue weighted by Crippen LogP contribution is 2.28. The highest BCUT2D eigenvalue weighted by atomic mass is 16.5. The third kappa shape index (κ3) is 2.50. The van der Waals surface area contributed by atoms with Crippen molar-refractivity contribution in [1.82, 2.24) is 9.55 Å². The Morgan fingerprint density at radius 1 is 1.60 bits per heavy atom. The Hall–Kier alpha value is -1.03. The molecule has 0 atom stereocenters. The van der Waals surface area contributed by atoms with Gasteiger partial charge < -0.3 is 14.6 Å². The molecule has 15 heavy (non-hydrogen) atoms. The van der Waals surface area contributed by atoms with Crippen LogP contribution in [0.25, 0.3) is 0 Å². The van der Waals surface area contributed by atoms with E-state index in [1.54, 1.807) is 7.11 Å². The molecule has 0 saturated heterocycles. The van der Waals surface area contributed by atoms with Gasteiger partial charge in [-0.1, -0.05) is 6.92 Å². The number of hydrogen-bond acceptors (Lipinski definition) is 3. The molecule has 1 saturated carbocycles.